The second kappa shape index (κ2) is 7.43. The van der Waals surface area contributed by atoms with E-state index in [-0.39, 0.29) is 11.8 Å². The van der Waals surface area contributed by atoms with Crippen molar-refractivity contribution in [3.8, 4) is 0 Å². The molecular formula is C22H25N3O2. The van der Waals surface area contributed by atoms with Gasteiger partial charge in [-0.3, -0.25) is 9.59 Å². The summed E-state index contributed by atoms with van der Waals surface area (Å²) in [5.41, 5.74) is 4.14. The molecule has 5 heteroatoms. The zero-order chi connectivity index (χ0) is 18.8. The summed E-state index contributed by atoms with van der Waals surface area (Å²) in [7, 11) is 0. The Labute approximate surface area is 160 Å². The van der Waals surface area contributed by atoms with E-state index in [0.29, 0.717) is 18.5 Å². The van der Waals surface area contributed by atoms with Gasteiger partial charge in [-0.15, -0.1) is 0 Å². The van der Waals surface area contributed by atoms with Crippen molar-refractivity contribution >= 4 is 17.5 Å². The Bertz CT molecular complexity index is 864. The number of carbonyl (C=O) groups is 2. The van der Waals surface area contributed by atoms with Gasteiger partial charge in [-0.25, -0.2) is 0 Å². The number of fused-ring (bicyclic) bond motifs is 1. The van der Waals surface area contributed by atoms with E-state index >= 15 is 0 Å². The first-order valence-corrected chi connectivity index (χ1v) is 9.61. The molecule has 2 aromatic carbocycles. The minimum atomic E-state index is -0.461. The summed E-state index contributed by atoms with van der Waals surface area (Å²) in [6.45, 7) is 5.29. The van der Waals surface area contributed by atoms with Gasteiger partial charge in [0, 0.05) is 43.9 Å². The average Bonchev–Trinajstić information content (AvgIpc) is 2.94. The van der Waals surface area contributed by atoms with Crippen molar-refractivity contribution < 1.29 is 9.59 Å². The Hall–Kier alpha value is -2.82. The predicted octanol–water partition coefficient (Wildman–Crippen LogP) is 2.39. The minimum Gasteiger partial charge on any atom is -0.369 e. The van der Waals surface area contributed by atoms with Gasteiger partial charge >= 0.3 is 0 Å². The molecule has 4 rings (SSSR count). The van der Waals surface area contributed by atoms with Gasteiger partial charge in [0.2, 0.25) is 5.91 Å². The number of nitrogens with one attached hydrogen (secondary N) is 1. The normalized spacial score (nSPS) is 19.9. The van der Waals surface area contributed by atoms with Crippen LogP contribution in [0.5, 0.6) is 0 Å². The highest BCUT2D eigenvalue weighted by molar-refractivity contribution is 6.00. The van der Waals surface area contributed by atoms with Crippen molar-refractivity contribution in [1.29, 1.82) is 0 Å². The monoisotopic (exact) mass is 363 g/mol. The van der Waals surface area contributed by atoms with Gasteiger partial charge < -0.3 is 15.1 Å². The highest BCUT2D eigenvalue weighted by atomic mass is 16.2. The molecule has 0 spiro atoms. The van der Waals surface area contributed by atoms with Crippen LogP contribution in [0.15, 0.2) is 48.5 Å². The number of rotatable bonds is 2. The van der Waals surface area contributed by atoms with E-state index in [1.807, 2.05) is 29.2 Å². The average molecular weight is 363 g/mol. The first-order valence-electron chi connectivity index (χ1n) is 9.61. The van der Waals surface area contributed by atoms with Gasteiger partial charge in [-0.2, -0.15) is 0 Å². The van der Waals surface area contributed by atoms with Crippen molar-refractivity contribution in [2.24, 2.45) is 0 Å². The van der Waals surface area contributed by atoms with Crippen molar-refractivity contribution in [3.63, 3.8) is 0 Å². The number of amides is 2. The lowest BCUT2D eigenvalue weighted by Crippen LogP contribution is -2.52. The van der Waals surface area contributed by atoms with Crippen molar-refractivity contribution in [1.82, 2.24) is 10.2 Å². The van der Waals surface area contributed by atoms with E-state index in [9.17, 15) is 9.59 Å². The lowest BCUT2D eigenvalue weighted by molar-refractivity contribution is -0.133. The van der Waals surface area contributed by atoms with Gasteiger partial charge in [-0.1, -0.05) is 36.4 Å². The molecule has 0 bridgehead atoms. The molecule has 2 heterocycles. The molecule has 1 saturated heterocycles. The zero-order valence-corrected chi connectivity index (χ0v) is 15.6. The van der Waals surface area contributed by atoms with Crippen molar-refractivity contribution in [3.05, 3.63) is 65.2 Å². The molecule has 1 atom stereocenters. The number of carbonyl (C=O) groups excluding carboxylic acids is 2. The van der Waals surface area contributed by atoms with Crippen molar-refractivity contribution in [2.75, 3.05) is 31.1 Å². The maximum Gasteiger partial charge on any atom is 0.252 e. The maximum absolute atomic E-state index is 13.1. The number of benzene rings is 2. The Morgan fingerprint density at radius 3 is 2.63 bits per heavy atom. The molecule has 2 amide bonds. The molecule has 5 nitrogen and oxygen atoms in total. The number of aryl methyl sites for hydroxylation is 1. The van der Waals surface area contributed by atoms with Crippen LogP contribution in [0.1, 0.15) is 27.9 Å². The molecule has 140 valence electrons. The molecule has 0 saturated carbocycles. The second-order valence-electron chi connectivity index (χ2n) is 7.34. The fraction of sp³-hybridized carbons (Fsp3) is 0.364. The van der Waals surface area contributed by atoms with Gasteiger partial charge in [0.05, 0.1) is 0 Å². The third-order valence-corrected chi connectivity index (χ3v) is 5.55. The summed E-state index contributed by atoms with van der Waals surface area (Å²) >= 11 is 0. The van der Waals surface area contributed by atoms with E-state index in [0.717, 1.165) is 31.6 Å². The summed E-state index contributed by atoms with van der Waals surface area (Å²) < 4.78 is 0. The van der Waals surface area contributed by atoms with E-state index in [4.69, 9.17) is 0 Å². The van der Waals surface area contributed by atoms with E-state index in [1.54, 1.807) is 0 Å². The standard InChI is InChI=1S/C22H25N3O2/c1-16-7-2-5-10-20(16)24-11-6-12-25(14-13-24)22(27)19-15-17-8-3-4-9-18(17)21(26)23-19/h2-5,7-10,19H,6,11-15H2,1H3,(H,23,26). The van der Waals surface area contributed by atoms with E-state index < -0.39 is 6.04 Å². The quantitative estimate of drug-likeness (QED) is 0.891. The molecule has 27 heavy (non-hydrogen) atoms. The lowest BCUT2D eigenvalue weighted by Gasteiger charge is -2.30. The summed E-state index contributed by atoms with van der Waals surface area (Å²) in [5.74, 6) is -0.115. The Kier molecular flexibility index (Phi) is 4.84. The molecular weight excluding hydrogens is 338 g/mol. The molecule has 2 aromatic rings. The summed E-state index contributed by atoms with van der Waals surface area (Å²) in [5, 5.41) is 2.90. The largest absolute Gasteiger partial charge is 0.369 e. The molecule has 2 aliphatic heterocycles. The zero-order valence-electron chi connectivity index (χ0n) is 15.6. The van der Waals surface area contributed by atoms with Crippen LogP contribution in [-0.2, 0) is 11.2 Å². The highest BCUT2D eigenvalue weighted by Crippen LogP contribution is 2.22. The van der Waals surface area contributed by atoms with Crippen LogP contribution in [0.3, 0.4) is 0 Å². The fourth-order valence-corrected chi connectivity index (χ4v) is 4.09. The van der Waals surface area contributed by atoms with Crippen molar-refractivity contribution in [2.45, 2.75) is 25.8 Å². The topological polar surface area (TPSA) is 52.7 Å². The first-order chi connectivity index (χ1) is 13.1. The van der Waals surface area contributed by atoms with E-state index in [2.05, 4.69) is 41.4 Å². The van der Waals surface area contributed by atoms with Crippen LogP contribution < -0.4 is 10.2 Å². The van der Waals surface area contributed by atoms with Crippen LogP contribution in [0.25, 0.3) is 0 Å². The smallest absolute Gasteiger partial charge is 0.252 e. The Morgan fingerprint density at radius 2 is 1.78 bits per heavy atom. The second-order valence-corrected chi connectivity index (χ2v) is 7.34. The molecule has 1 unspecified atom stereocenters. The van der Waals surface area contributed by atoms with Gasteiger partial charge in [0.15, 0.2) is 0 Å². The summed E-state index contributed by atoms with van der Waals surface area (Å²) in [6.07, 6.45) is 1.50. The Balaban J connectivity index is 1.45. The van der Waals surface area contributed by atoms with Gasteiger partial charge in [-0.05, 0) is 36.6 Å². The number of hydrogen-bond acceptors (Lipinski definition) is 3. The molecule has 1 fully saturated rings. The molecule has 1 N–H and O–H groups in total. The fourth-order valence-electron chi connectivity index (χ4n) is 4.09. The molecule has 0 aromatic heterocycles. The maximum atomic E-state index is 13.1. The third-order valence-electron chi connectivity index (χ3n) is 5.55. The molecule has 0 radical (unpaired) electrons. The number of nitrogens with zero attached hydrogens (tertiary/aromatic N) is 2. The van der Waals surface area contributed by atoms with Crippen LogP contribution in [-0.4, -0.2) is 48.9 Å². The molecule has 2 aliphatic rings. The Morgan fingerprint density at radius 1 is 1.00 bits per heavy atom. The number of para-hydroxylation sites is 1. The van der Waals surface area contributed by atoms with Gasteiger partial charge in [0.1, 0.15) is 6.04 Å². The van der Waals surface area contributed by atoms with Crippen LogP contribution in [0.2, 0.25) is 0 Å². The number of hydrogen-bond donors (Lipinski definition) is 1. The third kappa shape index (κ3) is 3.54. The number of anilines is 1. The van der Waals surface area contributed by atoms with E-state index in [1.165, 1.54) is 11.3 Å². The lowest BCUT2D eigenvalue weighted by atomic mass is 9.94. The highest BCUT2D eigenvalue weighted by Gasteiger charge is 2.32. The van der Waals surface area contributed by atoms with Crippen LogP contribution in [0.4, 0.5) is 5.69 Å². The first kappa shape index (κ1) is 17.6. The summed E-state index contributed by atoms with van der Waals surface area (Å²) in [6, 6.07) is 15.5. The summed E-state index contributed by atoms with van der Waals surface area (Å²) in [4.78, 5) is 29.7. The minimum absolute atomic E-state index is 0.0319. The SMILES string of the molecule is Cc1ccccc1N1CCCN(C(=O)C2Cc3ccccc3C(=O)N2)CC1. The molecule has 0 aliphatic carbocycles. The predicted molar refractivity (Wildman–Crippen MR) is 106 cm³/mol. The van der Waals surface area contributed by atoms with Crippen LogP contribution >= 0.6 is 0 Å². The van der Waals surface area contributed by atoms with Crippen LogP contribution in [0, 0.1) is 6.92 Å². The van der Waals surface area contributed by atoms with Gasteiger partial charge in [0.25, 0.3) is 5.91 Å².